The van der Waals surface area contributed by atoms with Crippen LogP contribution in [0.5, 0.6) is 0 Å². The van der Waals surface area contributed by atoms with Crippen LogP contribution in [0.3, 0.4) is 0 Å². The van der Waals surface area contributed by atoms with E-state index in [2.05, 4.69) is 10.6 Å². The van der Waals surface area contributed by atoms with Crippen molar-refractivity contribution in [1.29, 1.82) is 0 Å². The van der Waals surface area contributed by atoms with Gasteiger partial charge >= 0.3 is 12.2 Å². The van der Waals surface area contributed by atoms with E-state index in [0.29, 0.717) is 0 Å². The first-order valence-corrected chi connectivity index (χ1v) is 10.1. The first-order valence-electron chi connectivity index (χ1n) is 8.12. The molecule has 0 bridgehead atoms. The highest BCUT2D eigenvalue weighted by Gasteiger charge is 2.29. The van der Waals surface area contributed by atoms with Crippen LogP contribution in [-0.2, 0) is 14.2 Å². The number of nitrogens with one attached hydrogen (secondary N) is 4. The molecule has 0 spiro atoms. The third-order valence-corrected chi connectivity index (χ3v) is 4.76. The lowest BCUT2D eigenvalue weighted by Crippen LogP contribution is -2.50. The Hall–Kier alpha value is -2.33. The molecule has 12 nitrogen and oxygen atoms in total. The molecule has 0 aromatic heterocycles. The summed E-state index contributed by atoms with van der Waals surface area (Å²) in [5.74, 6) is -2.35. The van der Waals surface area contributed by atoms with Gasteiger partial charge in [-0.15, -0.1) is 0 Å². The maximum Gasteiger partial charge on any atom is 0.405 e. The van der Waals surface area contributed by atoms with Crippen molar-refractivity contribution in [3.8, 4) is 0 Å². The van der Waals surface area contributed by atoms with E-state index >= 15 is 0 Å². The topological polar surface area (TPSA) is 194 Å². The minimum Gasteiger partial charge on any atom is -0.465 e. The second-order valence-corrected chi connectivity index (χ2v) is 8.91. The van der Waals surface area contributed by atoms with Crippen molar-refractivity contribution in [2.75, 3.05) is 12.6 Å². The van der Waals surface area contributed by atoms with E-state index < -0.39 is 67.9 Å². The molecule has 27 heavy (non-hydrogen) atoms. The number of rotatable bonds is 10. The van der Waals surface area contributed by atoms with E-state index in [1.807, 2.05) is 10.6 Å². The van der Waals surface area contributed by atoms with Gasteiger partial charge in [0.25, 0.3) is 0 Å². The molecule has 0 aliphatic carbocycles. The Kier molecular flexibility index (Phi) is 9.80. The Bertz CT molecular complexity index is 562. The van der Waals surface area contributed by atoms with Crippen molar-refractivity contribution in [1.82, 2.24) is 21.3 Å². The van der Waals surface area contributed by atoms with Crippen LogP contribution in [0, 0.1) is 11.8 Å². The summed E-state index contributed by atoms with van der Waals surface area (Å²) in [6.45, 7) is 6.39. The fraction of sp³-hybridized carbons (Fsp3) is 0.714. The van der Waals surface area contributed by atoms with Gasteiger partial charge in [-0.3, -0.25) is 14.2 Å². The molecule has 7 N–H and O–H groups in total. The summed E-state index contributed by atoms with van der Waals surface area (Å²) < 4.78 is 12.1. The molecule has 0 radical (unpaired) electrons. The molecule has 2 unspecified atom stereocenters. The molecule has 4 amide bonds. The molecule has 0 aromatic rings. The summed E-state index contributed by atoms with van der Waals surface area (Å²) >= 11 is 0. The van der Waals surface area contributed by atoms with Gasteiger partial charge in [-0.25, -0.2) is 9.59 Å². The van der Waals surface area contributed by atoms with Gasteiger partial charge < -0.3 is 36.4 Å². The zero-order chi connectivity index (χ0) is 21.4. The monoisotopic (exact) mass is 410 g/mol. The van der Waals surface area contributed by atoms with Gasteiger partial charge in [-0.2, -0.15) is 0 Å². The number of carbonyl (C=O) groups is 4. The van der Waals surface area contributed by atoms with E-state index in [4.69, 9.17) is 10.2 Å². The average molecular weight is 410 g/mol. The zero-order valence-electron chi connectivity index (χ0n) is 15.6. The molecule has 0 saturated carbocycles. The van der Waals surface area contributed by atoms with Crippen molar-refractivity contribution in [3.63, 3.8) is 0 Å². The molecule has 13 heteroatoms. The maximum absolute atomic E-state index is 12.1. The molecule has 0 aliphatic heterocycles. The lowest BCUT2D eigenvalue weighted by Gasteiger charge is -2.22. The summed E-state index contributed by atoms with van der Waals surface area (Å²) in [6.07, 6.45) is -4.19. The Morgan fingerprint density at radius 3 is 1.30 bits per heavy atom. The molecule has 0 aliphatic rings. The second kappa shape index (κ2) is 10.7. The molecular weight excluding hydrogens is 383 g/mol. The summed E-state index contributed by atoms with van der Waals surface area (Å²) in [7, 11) is -4.02. The summed E-state index contributed by atoms with van der Waals surface area (Å²) in [4.78, 5) is 55.3. The molecule has 2 atom stereocenters. The largest absolute Gasteiger partial charge is 0.465 e. The number of amides is 4. The standard InChI is InChI=1S/C14H27N4O8P/c1-7(2)9(17-13(21)22)11(19)15-5-27(25,26)6-16-12(20)10(8(3)4)18-14(23)24/h7-10,17-18H,5-6H2,1-4H3,(H,15,19)(H,16,20)(H,21,22)(H,23,24)(H,25,26). The van der Waals surface area contributed by atoms with Crippen LogP contribution in [0.25, 0.3) is 0 Å². The van der Waals surface area contributed by atoms with E-state index in [-0.39, 0.29) is 0 Å². The Balaban J connectivity index is 4.73. The normalized spacial score (nSPS) is 15.4. The third kappa shape index (κ3) is 9.80. The molecule has 0 heterocycles. The van der Waals surface area contributed by atoms with E-state index in [1.54, 1.807) is 27.7 Å². The fourth-order valence-corrected chi connectivity index (χ4v) is 2.93. The highest BCUT2D eigenvalue weighted by Crippen LogP contribution is 2.37. The van der Waals surface area contributed by atoms with Gasteiger partial charge in [-0.1, -0.05) is 27.7 Å². The van der Waals surface area contributed by atoms with Crippen molar-refractivity contribution < 1.29 is 38.8 Å². The van der Waals surface area contributed by atoms with Crippen LogP contribution in [-0.4, -0.2) is 63.8 Å². The predicted octanol–water partition coefficient (Wildman–Crippen LogP) is -0.0114. The van der Waals surface area contributed by atoms with Gasteiger partial charge in [0.05, 0.1) is 12.6 Å². The summed E-state index contributed by atoms with van der Waals surface area (Å²) in [5.41, 5.74) is 0. The van der Waals surface area contributed by atoms with Crippen LogP contribution in [0.1, 0.15) is 27.7 Å². The molecule has 156 valence electrons. The second-order valence-electron chi connectivity index (χ2n) is 6.59. The quantitative estimate of drug-likeness (QED) is 0.244. The first-order chi connectivity index (χ1) is 12.3. The maximum atomic E-state index is 12.1. The van der Waals surface area contributed by atoms with Crippen molar-refractivity contribution >= 4 is 31.4 Å². The molecule has 0 rings (SSSR count). The summed E-state index contributed by atoms with van der Waals surface area (Å²) in [5, 5.41) is 25.8. The van der Waals surface area contributed by atoms with Crippen LogP contribution in [0.15, 0.2) is 0 Å². The molecule has 0 aromatic carbocycles. The third-order valence-electron chi connectivity index (χ3n) is 3.46. The van der Waals surface area contributed by atoms with Crippen LogP contribution >= 0.6 is 7.37 Å². The predicted molar refractivity (Wildman–Crippen MR) is 95.4 cm³/mol. The minimum absolute atomic E-state index is 0.396. The molecular formula is C14H27N4O8P. The average Bonchev–Trinajstić information content (AvgIpc) is 2.52. The van der Waals surface area contributed by atoms with Crippen molar-refractivity contribution in [2.45, 2.75) is 39.8 Å². The van der Waals surface area contributed by atoms with Gasteiger partial charge in [0, 0.05) is 0 Å². The highest BCUT2D eigenvalue weighted by atomic mass is 31.2. The number of carboxylic acid groups (broad SMARTS) is 2. The minimum atomic E-state index is -4.02. The van der Waals surface area contributed by atoms with E-state index in [0.717, 1.165) is 0 Å². The van der Waals surface area contributed by atoms with E-state index in [9.17, 15) is 28.6 Å². The zero-order valence-corrected chi connectivity index (χ0v) is 16.4. The lowest BCUT2D eigenvalue weighted by molar-refractivity contribution is -0.124. The van der Waals surface area contributed by atoms with Crippen LogP contribution in [0.2, 0.25) is 0 Å². The van der Waals surface area contributed by atoms with Crippen LogP contribution in [0.4, 0.5) is 9.59 Å². The smallest absolute Gasteiger partial charge is 0.405 e. The van der Waals surface area contributed by atoms with Gasteiger partial charge in [0.15, 0.2) is 0 Å². The van der Waals surface area contributed by atoms with Gasteiger partial charge in [0.1, 0.15) is 12.1 Å². The molecule has 0 fully saturated rings. The number of hydrogen-bond acceptors (Lipinski definition) is 5. The van der Waals surface area contributed by atoms with Crippen molar-refractivity contribution in [3.05, 3.63) is 0 Å². The Labute approximate surface area is 156 Å². The first kappa shape index (κ1) is 24.7. The van der Waals surface area contributed by atoms with Crippen molar-refractivity contribution in [2.24, 2.45) is 11.8 Å². The fourth-order valence-electron chi connectivity index (χ4n) is 2.01. The van der Waals surface area contributed by atoms with Gasteiger partial charge in [-0.05, 0) is 11.8 Å². The van der Waals surface area contributed by atoms with Gasteiger partial charge in [0.2, 0.25) is 19.2 Å². The van der Waals surface area contributed by atoms with E-state index in [1.165, 1.54) is 0 Å². The highest BCUT2D eigenvalue weighted by molar-refractivity contribution is 7.57. The lowest BCUT2D eigenvalue weighted by atomic mass is 10.0. The Morgan fingerprint density at radius 1 is 0.778 bits per heavy atom. The number of carbonyl (C=O) groups excluding carboxylic acids is 2. The molecule has 0 saturated heterocycles. The van der Waals surface area contributed by atoms with Crippen LogP contribution < -0.4 is 21.3 Å². The Morgan fingerprint density at radius 2 is 1.07 bits per heavy atom. The summed E-state index contributed by atoms with van der Waals surface area (Å²) in [6, 6.07) is -2.22. The number of hydrogen-bond donors (Lipinski definition) is 7. The SMILES string of the molecule is CC(C)C(NC(=O)O)C(=O)NCP(=O)(O)CNC(=O)C(NC(=O)O)C(C)C.